The fraction of sp³-hybridized carbons (Fsp3) is 0.118. The van der Waals surface area contributed by atoms with Crippen molar-refractivity contribution in [2.24, 2.45) is 0 Å². The van der Waals surface area contributed by atoms with E-state index in [9.17, 15) is 14.0 Å². The molecule has 0 atom stereocenters. The van der Waals surface area contributed by atoms with Crippen LogP contribution in [0.2, 0.25) is 5.02 Å². The highest BCUT2D eigenvalue weighted by atomic mass is 35.5. The van der Waals surface area contributed by atoms with Crippen LogP contribution in [0.5, 0.6) is 0 Å². The molecule has 0 radical (unpaired) electrons. The number of nitrogens with zero attached hydrogens (tertiary/aromatic N) is 2. The molecule has 122 valence electrons. The third-order valence-electron chi connectivity index (χ3n) is 3.51. The van der Waals surface area contributed by atoms with Gasteiger partial charge in [-0.05, 0) is 30.3 Å². The van der Waals surface area contributed by atoms with E-state index in [0.29, 0.717) is 16.6 Å². The normalized spacial score (nSPS) is 10.8. The summed E-state index contributed by atoms with van der Waals surface area (Å²) in [5.41, 5.74) is 0.817. The molecule has 1 N–H and O–H groups in total. The Labute approximate surface area is 141 Å². The van der Waals surface area contributed by atoms with Crippen LogP contribution < -0.4 is 10.9 Å². The van der Waals surface area contributed by atoms with Crippen LogP contribution in [0.15, 0.2) is 53.6 Å². The maximum Gasteiger partial charge on any atom is 0.261 e. The zero-order chi connectivity index (χ0) is 17.1. The monoisotopic (exact) mass is 345 g/mol. The summed E-state index contributed by atoms with van der Waals surface area (Å²) >= 11 is 5.67. The molecule has 0 aliphatic carbocycles. The molecule has 0 saturated carbocycles. The molecule has 1 amide bonds. The molecule has 5 nitrogen and oxygen atoms in total. The summed E-state index contributed by atoms with van der Waals surface area (Å²) in [6.45, 7) is 0.192. The molecular weight excluding hydrogens is 333 g/mol. The van der Waals surface area contributed by atoms with Crippen LogP contribution in [0.4, 0.5) is 10.1 Å². The van der Waals surface area contributed by atoms with Gasteiger partial charge >= 0.3 is 0 Å². The number of amides is 1. The lowest BCUT2D eigenvalue weighted by atomic mass is 10.2. The number of halogens is 2. The first-order valence-corrected chi connectivity index (χ1v) is 7.61. The quantitative estimate of drug-likeness (QED) is 0.789. The zero-order valence-corrected chi connectivity index (χ0v) is 13.3. The number of rotatable bonds is 4. The number of benzene rings is 2. The summed E-state index contributed by atoms with van der Waals surface area (Å²) in [6, 6.07) is 11.0. The third-order valence-corrected chi connectivity index (χ3v) is 3.80. The number of aryl methyl sites for hydroxylation is 1. The van der Waals surface area contributed by atoms with Crippen LogP contribution in [0, 0.1) is 5.82 Å². The average molecular weight is 346 g/mol. The van der Waals surface area contributed by atoms with E-state index in [1.807, 2.05) is 0 Å². The van der Waals surface area contributed by atoms with E-state index in [4.69, 9.17) is 11.6 Å². The van der Waals surface area contributed by atoms with E-state index in [1.165, 1.54) is 29.1 Å². The standard InChI is InChI=1S/C17H13ClFN3O2/c18-13-9-11(5-6-14(13)19)21-16(23)7-8-22-10-20-15-4-2-1-3-12(15)17(22)24/h1-6,9-10H,7-8H2,(H,21,23). The first-order valence-electron chi connectivity index (χ1n) is 7.23. The minimum Gasteiger partial charge on any atom is -0.326 e. The second-order valence-corrected chi connectivity index (χ2v) is 5.59. The summed E-state index contributed by atoms with van der Waals surface area (Å²) in [7, 11) is 0. The van der Waals surface area contributed by atoms with Crippen molar-refractivity contribution in [3.05, 3.63) is 70.0 Å². The van der Waals surface area contributed by atoms with Gasteiger partial charge in [-0.3, -0.25) is 14.2 Å². The lowest BCUT2D eigenvalue weighted by Gasteiger charge is -2.08. The van der Waals surface area contributed by atoms with Gasteiger partial charge in [0.2, 0.25) is 5.91 Å². The molecule has 0 aliphatic heterocycles. The van der Waals surface area contributed by atoms with Gasteiger partial charge in [0.1, 0.15) is 5.82 Å². The molecule has 1 heterocycles. The number of aromatic nitrogens is 2. The molecule has 0 aliphatic rings. The van der Waals surface area contributed by atoms with E-state index >= 15 is 0 Å². The Bertz CT molecular complexity index is 971. The molecule has 3 rings (SSSR count). The summed E-state index contributed by atoms with van der Waals surface area (Å²) in [4.78, 5) is 28.5. The maximum atomic E-state index is 13.1. The first-order chi connectivity index (χ1) is 11.5. The average Bonchev–Trinajstić information content (AvgIpc) is 2.58. The lowest BCUT2D eigenvalue weighted by Crippen LogP contribution is -2.23. The fourth-order valence-electron chi connectivity index (χ4n) is 2.28. The Kier molecular flexibility index (Phi) is 4.57. The van der Waals surface area contributed by atoms with Crippen LogP contribution in [0.3, 0.4) is 0 Å². The van der Waals surface area contributed by atoms with Crippen molar-refractivity contribution in [2.45, 2.75) is 13.0 Å². The minimum absolute atomic E-state index is 0.0669. The highest BCUT2D eigenvalue weighted by Gasteiger charge is 2.08. The minimum atomic E-state index is -0.552. The predicted octanol–water partition coefficient (Wildman–Crippen LogP) is 3.22. The van der Waals surface area contributed by atoms with Gasteiger partial charge in [0, 0.05) is 18.7 Å². The Hall–Kier alpha value is -2.73. The van der Waals surface area contributed by atoms with Gasteiger partial charge < -0.3 is 5.32 Å². The molecular formula is C17H13ClFN3O2. The van der Waals surface area contributed by atoms with E-state index in [-0.39, 0.29) is 29.5 Å². The van der Waals surface area contributed by atoms with Gasteiger partial charge in [-0.25, -0.2) is 9.37 Å². The van der Waals surface area contributed by atoms with Gasteiger partial charge in [-0.2, -0.15) is 0 Å². The van der Waals surface area contributed by atoms with Crippen molar-refractivity contribution < 1.29 is 9.18 Å². The van der Waals surface area contributed by atoms with Gasteiger partial charge in [0.05, 0.1) is 22.3 Å². The molecule has 1 aromatic heterocycles. The van der Waals surface area contributed by atoms with E-state index in [0.717, 1.165) is 0 Å². The topological polar surface area (TPSA) is 64.0 Å². The number of carbonyl (C=O) groups is 1. The predicted molar refractivity (Wildman–Crippen MR) is 90.7 cm³/mol. The molecule has 3 aromatic rings. The van der Waals surface area contributed by atoms with Crippen molar-refractivity contribution in [3.8, 4) is 0 Å². The van der Waals surface area contributed by atoms with Crippen molar-refractivity contribution >= 4 is 34.1 Å². The number of carbonyl (C=O) groups excluding carboxylic acids is 1. The second kappa shape index (κ2) is 6.80. The number of fused-ring (bicyclic) bond motifs is 1. The van der Waals surface area contributed by atoms with Crippen molar-refractivity contribution in [3.63, 3.8) is 0 Å². The van der Waals surface area contributed by atoms with Gasteiger partial charge in [0.15, 0.2) is 0 Å². The van der Waals surface area contributed by atoms with E-state index < -0.39 is 5.82 Å². The SMILES string of the molecule is O=C(CCn1cnc2ccccc2c1=O)Nc1ccc(F)c(Cl)c1. The highest BCUT2D eigenvalue weighted by Crippen LogP contribution is 2.19. The number of hydrogen-bond acceptors (Lipinski definition) is 3. The number of hydrogen-bond donors (Lipinski definition) is 1. The van der Waals surface area contributed by atoms with Gasteiger partial charge in [-0.15, -0.1) is 0 Å². The first kappa shape index (κ1) is 16.1. The van der Waals surface area contributed by atoms with Crippen molar-refractivity contribution in [1.82, 2.24) is 9.55 Å². The lowest BCUT2D eigenvalue weighted by molar-refractivity contribution is -0.116. The summed E-state index contributed by atoms with van der Waals surface area (Å²) < 4.78 is 14.5. The molecule has 24 heavy (non-hydrogen) atoms. The molecule has 2 aromatic carbocycles. The van der Waals surface area contributed by atoms with E-state index in [1.54, 1.807) is 24.3 Å². The fourth-order valence-corrected chi connectivity index (χ4v) is 2.47. The van der Waals surface area contributed by atoms with Crippen LogP contribution in [-0.2, 0) is 11.3 Å². The Morgan fingerprint density at radius 3 is 2.83 bits per heavy atom. The Balaban J connectivity index is 1.69. The van der Waals surface area contributed by atoms with Gasteiger partial charge in [-0.1, -0.05) is 23.7 Å². The molecule has 0 spiro atoms. The molecule has 0 saturated heterocycles. The smallest absolute Gasteiger partial charge is 0.261 e. The number of anilines is 1. The number of para-hydroxylation sites is 1. The van der Waals surface area contributed by atoms with Crippen LogP contribution in [-0.4, -0.2) is 15.5 Å². The Morgan fingerprint density at radius 2 is 2.04 bits per heavy atom. The summed E-state index contributed by atoms with van der Waals surface area (Å²) in [6.07, 6.45) is 1.50. The number of nitrogens with one attached hydrogen (secondary N) is 1. The second-order valence-electron chi connectivity index (χ2n) is 5.19. The van der Waals surface area contributed by atoms with E-state index in [2.05, 4.69) is 10.3 Å². The molecule has 0 unspecified atom stereocenters. The highest BCUT2D eigenvalue weighted by molar-refractivity contribution is 6.31. The van der Waals surface area contributed by atoms with Crippen molar-refractivity contribution in [1.29, 1.82) is 0 Å². The zero-order valence-electron chi connectivity index (χ0n) is 12.5. The van der Waals surface area contributed by atoms with Crippen LogP contribution in [0.25, 0.3) is 10.9 Å². The summed E-state index contributed by atoms with van der Waals surface area (Å²) in [5, 5.41) is 3.05. The Morgan fingerprint density at radius 1 is 1.25 bits per heavy atom. The summed E-state index contributed by atoms with van der Waals surface area (Å²) in [5.74, 6) is -0.860. The van der Waals surface area contributed by atoms with Crippen molar-refractivity contribution in [2.75, 3.05) is 5.32 Å². The molecule has 7 heteroatoms. The van der Waals surface area contributed by atoms with Gasteiger partial charge in [0.25, 0.3) is 5.56 Å². The largest absolute Gasteiger partial charge is 0.326 e. The van der Waals surface area contributed by atoms with Crippen LogP contribution >= 0.6 is 11.6 Å². The third kappa shape index (κ3) is 3.44. The molecule has 0 fully saturated rings. The van der Waals surface area contributed by atoms with Crippen LogP contribution in [0.1, 0.15) is 6.42 Å². The molecule has 0 bridgehead atoms. The maximum absolute atomic E-state index is 13.1.